The number of allylic oxidation sites excluding steroid dienone is 1. The third-order valence-corrected chi connectivity index (χ3v) is 5.38. The molecular weight excluding hydrogens is 366 g/mol. The summed E-state index contributed by atoms with van der Waals surface area (Å²) in [6.07, 6.45) is 2.21. The highest BCUT2D eigenvalue weighted by atomic mass is 16.6. The number of aryl methyl sites for hydroxylation is 3. The van der Waals surface area contributed by atoms with Gasteiger partial charge in [0.1, 0.15) is 0 Å². The number of hydrogen-bond acceptors (Lipinski definition) is 5. The van der Waals surface area contributed by atoms with Crippen molar-refractivity contribution in [3.05, 3.63) is 74.7 Å². The number of hydrogen-bond donors (Lipinski definition) is 1. The molecule has 1 saturated carbocycles. The van der Waals surface area contributed by atoms with Gasteiger partial charge >= 0.3 is 5.69 Å². The van der Waals surface area contributed by atoms with Crippen LogP contribution in [0.3, 0.4) is 0 Å². The Balaban J connectivity index is 2.01. The van der Waals surface area contributed by atoms with Crippen molar-refractivity contribution in [1.82, 2.24) is 19.8 Å². The maximum Gasteiger partial charge on any atom is 0.368 e. The summed E-state index contributed by atoms with van der Waals surface area (Å²) >= 11 is 0. The van der Waals surface area contributed by atoms with Crippen LogP contribution in [0.4, 0.5) is 0 Å². The zero-order valence-corrected chi connectivity index (χ0v) is 17.1. The van der Waals surface area contributed by atoms with Crippen LogP contribution in [0.25, 0.3) is 17.0 Å². The van der Waals surface area contributed by atoms with Crippen LogP contribution in [0.15, 0.2) is 41.2 Å². The number of tetrazole rings is 1. The van der Waals surface area contributed by atoms with Crippen molar-refractivity contribution in [2.75, 3.05) is 0 Å². The first-order valence-electron chi connectivity index (χ1n) is 9.69. The molecule has 0 spiro atoms. The van der Waals surface area contributed by atoms with Gasteiger partial charge in [-0.25, -0.2) is 4.79 Å². The molecule has 0 amide bonds. The first-order valence-corrected chi connectivity index (χ1v) is 9.69. The molecule has 7 nitrogen and oxygen atoms in total. The molecule has 0 radical (unpaired) electrons. The predicted molar refractivity (Wildman–Crippen MR) is 112 cm³/mol. The Labute approximate surface area is 169 Å². The van der Waals surface area contributed by atoms with E-state index in [0.717, 1.165) is 46.2 Å². The summed E-state index contributed by atoms with van der Waals surface area (Å²) in [5.41, 5.74) is 6.49. The Morgan fingerprint density at radius 1 is 1.14 bits per heavy atom. The number of rotatable bonds is 5. The minimum absolute atomic E-state index is 0.320. The summed E-state index contributed by atoms with van der Waals surface area (Å²) in [6.45, 7) is 6.12. The maximum absolute atomic E-state index is 12.6. The Morgan fingerprint density at radius 2 is 1.83 bits per heavy atom. The van der Waals surface area contributed by atoms with Gasteiger partial charge in [0.15, 0.2) is 5.76 Å². The minimum Gasteiger partial charge on any atom is -0.410 e. The van der Waals surface area contributed by atoms with Gasteiger partial charge in [-0.15, -0.1) is 0 Å². The van der Waals surface area contributed by atoms with Crippen molar-refractivity contribution in [2.24, 2.45) is 12.9 Å². The first-order chi connectivity index (χ1) is 13.9. The Morgan fingerprint density at radius 3 is 2.38 bits per heavy atom. The second-order valence-electron chi connectivity index (χ2n) is 7.76. The summed E-state index contributed by atoms with van der Waals surface area (Å²) in [7, 11) is 1.58. The molecule has 0 atom stereocenters. The van der Waals surface area contributed by atoms with Gasteiger partial charge in [-0.3, -0.25) is 0 Å². The van der Waals surface area contributed by atoms with Crippen LogP contribution in [0.2, 0.25) is 0 Å². The first kappa shape index (κ1) is 19.1. The summed E-state index contributed by atoms with van der Waals surface area (Å²) < 4.78 is 2.51. The summed E-state index contributed by atoms with van der Waals surface area (Å²) in [5.74, 6) is 6.78. The molecule has 0 saturated heterocycles. The lowest BCUT2D eigenvalue weighted by atomic mass is 9.94. The fourth-order valence-electron chi connectivity index (χ4n) is 3.84. The van der Waals surface area contributed by atoms with E-state index in [1.807, 2.05) is 19.1 Å². The molecule has 0 bridgehead atoms. The third-order valence-electron chi connectivity index (χ3n) is 5.38. The van der Waals surface area contributed by atoms with Gasteiger partial charge < -0.3 is 4.84 Å². The number of nitrogens with zero attached hydrogens (tertiary/aromatic N) is 4. The molecule has 0 unspecified atom stereocenters. The molecule has 0 aliphatic heterocycles. The van der Waals surface area contributed by atoms with E-state index in [0.29, 0.717) is 17.4 Å². The lowest BCUT2D eigenvalue weighted by molar-refractivity contribution is 0.291. The topological polar surface area (TPSA) is 88.0 Å². The third kappa shape index (κ3) is 3.49. The zero-order chi connectivity index (χ0) is 20.7. The highest BCUT2D eigenvalue weighted by Crippen LogP contribution is 2.45. The molecule has 29 heavy (non-hydrogen) atoms. The Hall–Kier alpha value is -3.19. The molecular formula is C22H25N5O2. The van der Waals surface area contributed by atoms with E-state index in [4.69, 9.17) is 10.7 Å². The van der Waals surface area contributed by atoms with Crippen LogP contribution in [0.1, 0.15) is 53.5 Å². The van der Waals surface area contributed by atoms with E-state index in [1.54, 1.807) is 7.05 Å². The molecule has 4 rings (SSSR count). The lowest BCUT2D eigenvalue weighted by Crippen LogP contribution is -2.23. The van der Waals surface area contributed by atoms with Gasteiger partial charge in [0.05, 0.1) is 5.69 Å². The average Bonchev–Trinajstić information content (AvgIpc) is 3.48. The molecule has 1 aliphatic rings. The highest BCUT2D eigenvalue weighted by Gasteiger charge is 2.31. The molecule has 150 valence electrons. The Kier molecular flexibility index (Phi) is 4.84. The van der Waals surface area contributed by atoms with Gasteiger partial charge in [0.2, 0.25) is 0 Å². The smallest absolute Gasteiger partial charge is 0.368 e. The molecule has 1 aliphatic carbocycles. The number of nitrogens with two attached hydrogens (primary N) is 1. The quantitative estimate of drug-likeness (QED) is 0.410. The monoisotopic (exact) mass is 391 g/mol. The standard InChI is InChI=1S/C22H25N5O2/c1-13-10-14(2)12-17(11-13)15(3)21(29-23)20-18(16-8-9-16)6-5-7-19(20)27-22(28)26(4)24-25-27/h5-7,10-12,16H,8-9,23H2,1-4H3/b21-15+. The molecule has 1 aromatic heterocycles. The van der Waals surface area contributed by atoms with Crippen molar-refractivity contribution in [1.29, 1.82) is 0 Å². The van der Waals surface area contributed by atoms with Crippen LogP contribution < -0.4 is 11.6 Å². The summed E-state index contributed by atoms with van der Waals surface area (Å²) in [6, 6.07) is 12.2. The Bertz CT molecular complexity index is 1150. The van der Waals surface area contributed by atoms with Gasteiger partial charge in [-0.2, -0.15) is 15.3 Å². The van der Waals surface area contributed by atoms with Crippen molar-refractivity contribution < 1.29 is 4.84 Å². The van der Waals surface area contributed by atoms with Crippen molar-refractivity contribution in [3.8, 4) is 5.69 Å². The van der Waals surface area contributed by atoms with Crippen molar-refractivity contribution in [3.63, 3.8) is 0 Å². The van der Waals surface area contributed by atoms with E-state index in [9.17, 15) is 4.79 Å². The van der Waals surface area contributed by atoms with Crippen molar-refractivity contribution in [2.45, 2.75) is 39.5 Å². The van der Waals surface area contributed by atoms with Crippen LogP contribution >= 0.6 is 0 Å². The van der Waals surface area contributed by atoms with E-state index in [1.165, 1.54) is 9.36 Å². The fraction of sp³-hybridized carbons (Fsp3) is 0.318. The van der Waals surface area contributed by atoms with Crippen LogP contribution in [0.5, 0.6) is 0 Å². The number of aromatic nitrogens is 4. The second kappa shape index (κ2) is 7.33. The van der Waals surface area contributed by atoms with Gasteiger partial charge in [0.25, 0.3) is 0 Å². The van der Waals surface area contributed by atoms with Crippen LogP contribution in [-0.2, 0) is 11.9 Å². The van der Waals surface area contributed by atoms with E-state index >= 15 is 0 Å². The van der Waals surface area contributed by atoms with Gasteiger partial charge in [-0.05, 0) is 67.2 Å². The minimum atomic E-state index is -0.320. The molecule has 1 fully saturated rings. The maximum atomic E-state index is 12.6. The summed E-state index contributed by atoms with van der Waals surface area (Å²) in [4.78, 5) is 18.0. The van der Waals surface area contributed by atoms with Gasteiger partial charge in [0, 0.05) is 18.2 Å². The van der Waals surface area contributed by atoms with Gasteiger partial charge in [-0.1, -0.05) is 41.5 Å². The van der Waals surface area contributed by atoms with Crippen LogP contribution in [0, 0.1) is 13.8 Å². The SMILES string of the molecule is C/C(=C(\ON)c1c(C2CC2)cccc1-n1nnn(C)c1=O)c1cc(C)cc(C)c1. The lowest BCUT2D eigenvalue weighted by Gasteiger charge is -2.18. The largest absolute Gasteiger partial charge is 0.410 e. The molecule has 2 N–H and O–H groups in total. The normalized spacial score (nSPS) is 14.7. The van der Waals surface area contributed by atoms with Crippen LogP contribution in [-0.4, -0.2) is 19.8 Å². The predicted octanol–water partition coefficient (Wildman–Crippen LogP) is 3.24. The molecule has 7 heteroatoms. The molecule has 3 aromatic rings. The van der Waals surface area contributed by atoms with E-state index in [-0.39, 0.29) is 5.69 Å². The summed E-state index contributed by atoms with van der Waals surface area (Å²) in [5, 5.41) is 7.91. The molecule has 2 aromatic carbocycles. The molecule has 1 heterocycles. The van der Waals surface area contributed by atoms with E-state index < -0.39 is 0 Å². The zero-order valence-electron chi connectivity index (χ0n) is 17.1. The van der Waals surface area contributed by atoms with Crippen molar-refractivity contribution >= 4 is 11.3 Å². The highest BCUT2D eigenvalue weighted by molar-refractivity contribution is 5.90. The average molecular weight is 391 g/mol. The number of benzene rings is 2. The van der Waals surface area contributed by atoms with E-state index in [2.05, 4.69) is 48.5 Å². The fourth-order valence-corrected chi connectivity index (χ4v) is 3.84. The second-order valence-corrected chi connectivity index (χ2v) is 7.76.